The largest absolute Gasteiger partial charge is 0.353 e. The van der Waals surface area contributed by atoms with Gasteiger partial charge in [0.1, 0.15) is 11.6 Å². The van der Waals surface area contributed by atoms with Crippen LogP contribution in [0.25, 0.3) is 11.4 Å². The van der Waals surface area contributed by atoms with Crippen molar-refractivity contribution in [3.8, 4) is 11.4 Å². The van der Waals surface area contributed by atoms with Gasteiger partial charge in [0.2, 0.25) is 6.41 Å². The maximum Gasteiger partial charge on any atom is 0.209 e. The molecule has 0 radical (unpaired) electrons. The van der Waals surface area contributed by atoms with Gasteiger partial charge in [0.15, 0.2) is 5.82 Å². The molecule has 0 aliphatic carbocycles. The monoisotopic (exact) mass is 359 g/mol. The highest BCUT2D eigenvalue weighted by atomic mass is 16.1. The molecule has 1 fully saturated rings. The molecule has 3 aromatic rings. The Morgan fingerprint density at radius 2 is 1.52 bits per heavy atom. The number of hydrogen-bond acceptors (Lipinski definition) is 5. The highest BCUT2D eigenvalue weighted by molar-refractivity contribution is 5.65. The van der Waals surface area contributed by atoms with Crippen LogP contribution in [0.5, 0.6) is 0 Å². The maximum absolute atomic E-state index is 11.0. The van der Waals surface area contributed by atoms with Crippen LogP contribution in [-0.2, 0) is 4.79 Å². The number of carbonyl (C=O) groups is 1. The second kappa shape index (κ2) is 7.86. The minimum absolute atomic E-state index is 0.685. The lowest BCUT2D eigenvalue weighted by molar-refractivity contribution is -0.118. The van der Waals surface area contributed by atoms with Crippen LogP contribution in [0.15, 0.2) is 66.7 Å². The lowest BCUT2D eigenvalue weighted by atomic mass is 10.2. The van der Waals surface area contributed by atoms with E-state index in [4.69, 9.17) is 9.97 Å². The predicted molar refractivity (Wildman–Crippen MR) is 107 cm³/mol. The summed E-state index contributed by atoms with van der Waals surface area (Å²) in [5.74, 6) is 2.31. The first-order valence-corrected chi connectivity index (χ1v) is 9.03. The van der Waals surface area contributed by atoms with Crippen LogP contribution >= 0.6 is 0 Å². The van der Waals surface area contributed by atoms with E-state index in [9.17, 15) is 4.79 Å². The molecule has 1 amide bonds. The zero-order valence-electron chi connectivity index (χ0n) is 15.0. The Bertz CT molecular complexity index is 893. The van der Waals surface area contributed by atoms with Crippen LogP contribution in [0.3, 0.4) is 0 Å². The van der Waals surface area contributed by atoms with Crippen LogP contribution in [0.4, 0.5) is 17.3 Å². The molecule has 0 atom stereocenters. The number of rotatable bonds is 5. The summed E-state index contributed by atoms with van der Waals surface area (Å²) in [6.07, 6.45) is 0.912. The van der Waals surface area contributed by atoms with E-state index in [1.165, 1.54) is 0 Å². The number of nitrogens with zero attached hydrogens (tertiary/aromatic N) is 4. The number of hydrogen-bond donors (Lipinski definition) is 1. The molecule has 0 unspecified atom stereocenters. The topological polar surface area (TPSA) is 61.4 Å². The first-order valence-electron chi connectivity index (χ1n) is 9.03. The zero-order valence-corrected chi connectivity index (χ0v) is 15.0. The van der Waals surface area contributed by atoms with E-state index in [0.29, 0.717) is 18.9 Å². The standard InChI is InChI=1S/C21H21N5O/c27-16-25-11-13-26(14-12-25)20-15-19(22-18-9-5-2-6-10-18)23-21(24-20)17-7-3-1-4-8-17/h1-10,15-16H,11-14H2,(H,22,23,24). The van der Waals surface area contributed by atoms with Crippen molar-refractivity contribution < 1.29 is 4.79 Å². The summed E-state index contributed by atoms with van der Waals surface area (Å²) in [6, 6.07) is 21.9. The summed E-state index contributed by atoms with van der Waals surface area (Å²) in [5, 5.41) is 3.37. The van der Waals surface area contributed by atoms with Gasteiger partial charge in [-0.2, -0.15) is 0 Å². The van der Waals surface area contributed by atoms with Gasteiger partial charge in [-0.25, -0.2) is 9.97 Å². The number of aromatic nitrogens is 2. The van der Waals surface area contributed by atoms with Gasteiger partial charge in [-0.05, 0) is 12.1 Å². The number of carbonyl (C=O) groups excluding carboxylic acids is 1. The Labute approximate surface area is 158 Å². The van der Waals surface area contributed by atoms with Gasteiger partial charge in [-0.15, -0.1) is 0 Å². The van der Waals surface area contributed by atoms with E-state index >= 15 is 0 Å². The second-order valence-electron chi connectivity index (χ2n) is 6.42. The van der Waals surface area contributed by atoms with Crippen LogP contribution in [0.2, 0.25) is 0 Å². The molecule has 0 saturated carbocycles. The summed E-state index contributed by atoms with van der Waals surface area (Å²) < 4.78 is 0. The van der Waals surface area contributed by atoms with E-state index < -0.39 is 0 Å². The van der Waals surface area contributed by atoms with Crippen molar-refractivity contribution in [3.05, 3.63) is 66.7 Å². The van der Waals surface area contributed by atoms with Gasteiger partial charge in [-0.3, -0.25) is 4.79 Å². The molecule has 1 N–H and O–H groups in total. The molecule has 6 heteroatoms. The smallest absolute Gasteiger partial charge is 0.209 e. The number of benzene rings is 2. The van der Waals surface area contributed by atoms with E-state index in [1.54, 1.807) is 4.90 Å². The van der Waals surface area contributed by atoms with Gasteiger partial charge in [0, 0.05) is 43.5 Å². The van der Waals surface area contributed by atoms with Crippen molar-refractivity contribution in [1.82, 2.24) is 14.9 Å². The molecular formula is C21H21N5O. The molecule has 0 spiro atoms. The molecule has 1 saturated heterocycles. The van der Waals surface area contributed by atoms with Crippen LogP contribution in [0, 0.1) is 0 Å². The molecule has 2 aromatic carbocycles. The summed E-state index contributed by atoms with van der Waals surface area (Å²) in [7, 11) is 0. The Morgan fingerprint density at radius 3 is 2.19 bits per heavy atom. The summed E-state index contributed by atoms with van der Waals surface area (Å²) in [5.41, 5.74) is 1.95. The lowest BCUT2D eigenvalue weighted by Crippen LogP contribution is -2.46. The van der Waals surface area contributed by atoms with E-state index in [1.807, 2.05) is 66.7 Å². The molecule has 27 heavy (non-hydrogen) atoms. The highest BCUT2D eigenvalue weighted by Gasteiger charge is 2.18. The normalized spacial score (nSPS) is 14.1. The van der Waals surface area contributed by atoms with Crippen LogP contribution in [-0.4, -0.2) is 47.5 Å². The average molecular weight is 359 g/mol. The number of amides is 1. The Hall–Kier alpha value is -3.41. The Morgan fingerprint density at radius 1 is 0.852 bits per heavy atom. The quantitative estimate of drug-likeness (QED) is 0.709. The predicted octanol–water partition coefficient (Wildman–Crippen LogP) is 3.17. The number of piperazine rings is 1. The third-order valence-electron chi connectivity index (χ3n) is 4.58. The minimum atomic E-state index is 0.685. The summed E-state index contributed by atoms with van der Waals surface area (Å²) in [6.45, 7) is 2.93. The minimum Gasteiger partial charge on any atom is -0.353 e. The number of para-hydroxylation sites is 1. The first kappa shape index (κ1) is 17.0. The molecule has 2 heterocycles. The molecular weight excluding hydrogens is 338 g/mol. The van der Waals surface area contributed by atoms with Crippen LogP contribution < -0.4 is 10.2 Å². The van der Waals surface area contributed by atoms with Crippen molar-refractivity contribution in [1.29, 1.82) is 0 Å². The second-order valence-corrected chi connectivity index (χ2v) is 6.42. The molecule has 1 aliphatic rings. The summed E-state index contributed by atoms with van der Waals surface area (Å²) in [4.78, 5) is 24.5. The lowest BCUT2D eigenvalue weighted by Gasteiger charge is -2.33. The zero-order chi connectivity index (χ0) is 18.5. The van der Waals surface area contributed by atoms with Gasteiger partial charge in [0.05, 0.1) is 0 Å². The molecule has 6 nitrogen and oxygen atoms in total. The van der Waals surface area contributed by atoms with Gasteiger partial charge in [-0.1, -0.05) is 48.5 Å². The summed E-state index contributed by atoms with van der Waals surface area (Å²) >= 11 is 0. The van der Waals surface area contributed by atoms with Crippen LogP contribution in [0.1, 0.15) is 0 Å². The number of nitrogens with one attached hydrogen (secondary N) is 1. The highest BCUT2D eigenvalue weighted by Crippen LogP contribution is 2.25. The van der Waals surface area contributed by atoms with E-state index in [-0.39, 0.29) is 0 Å². The van der Waals surface area contributed by atoms with Crippen molar-refractivity contribution in [2.24, 2.45) is 0 Å². The third-order valence-corrected chi connectivity index (χ3v) is 4.58. The fourth-order valence-corrected chi connectivity index (χ4v) is 3.10. The molecule has 1 aliphatic heterocycles. The molecule has 1 aromatic heterocycles. The average Bonchev–Trinajstić information content (AvgIpc) is 2.75. The van der Waals surface area contributed by atoms with E-state index in [0.717, 1.165) is 42.4 Å². The Kier molecular flexibility index (Phi) is 4.96. The molecule has 136 valence electrons. The molecule has 0 bridgehead atoms. The van der Waals surface area contributed by atoms with Crippen molar-refractivity contribution in [2.45, 2.75) is 0 Å². The van der Waals surface area contributed by atoms with Crippen molar-refractivity contribution in [2.75, 3.05) is 36.4 Å². The first-order chi connectivity index (χ1) is 13.3. The number of anilines is 3. The van der Waals surface area contributed by atoms with Gasteiger partial charge >= 0.3 is 0 Å². The fourth-order valence-electron chi connectivity index (χ4n) is 3.10. The maximum atomic E-state index is 11.0. The molecule has 4 rings (SSSR count). The van der Waals surface area contributed by atoms with Gasteiger partial charge in [0.25, 0.3) is 0 Å². The van der Waals surface area contributed by atoms with Crippen molar-refractivity contribution in [3.63, 3.8) is 0 Å². The Balaban J connectivity index is 1.67. The SMILES string of the molecule is O=CN1CCN(c2cc(Nc3ccccc3)nc(-c3ccccc3)n2)CC1. The fraction of sp³-hybridized carbons (Fsp3) is 0.190. The van der Waals surface area contributed by atoms with Crippen molar-refractivity contribution >= 4 is 23.7 Å². The third kappa shape index (κ3) is 4.06. The van der Waals surface area contributed by atoms with E-state index in [2.05, 4.69) is 10.2 Å². The van der Waals surface area contributed by atoms with Gasteiger partial charge < -0.3 is 15.1 Å².